The molecule has 0 amide bonds. The zero-order valence-electron chi connectivity index (χ0n) is 21.9. The van der Waals surface area contributed by atoms with Crippen molar-refractivity contribution < 1.29 is 8.58 Å². The molecule has 0 aliphatic rings. The Morgan fingerprint density at radius 1 is 0.706 bits per heavy atom. The maximum Gasteiger partial charge on any atom is 0.154 e. The predicted molar refractivity (Wildman–Crippen MR) is 147 cm³/mol. The molecule has 1 aromatic heterocycles. The Labute approximate surface area is 219 Å². The largest absolute Gasteiger partial charge is 0.385 e. The third-order valence-corrected chi connectivity index (χ3v) is 8.08. The van der Waals surface area contributed by atoms with Crippen molar-refractivity contribution in [2.75, 3.05) is 0 Å². The Hall–Kier alpha value is -1.68. The van der Waals surface area contributed by atoms with Gasteiger partial charge in [0.05, 0.1) is 5.92 Å². The van der Waals surface area contributed by atoms with Crippen LogP contribution >= 0.6 is 35.1 Å². The monoisotopic (exact) mass is 518 g/mol. The van der Waals surface area contributed by atoms with Crippen molar-refractivity contribution in [3.63, 3.8) is 0 Å². The second-order valence-corrected chi connectivity index (χ2v) is 12.7. The van der Waals surface area contributed by atoms with E-state index < -0.39 is 0 Å². The molecule has 0 spiro atoms. The molecular weight excluding hydrogens is 483 g/mol. The number of rotatable bonds is 5. The van der Waals surface area contributed by atoms with Crippen molar-refractivity contribution in [3.8, 4) is 11.5 Å². The van der Waals surface area contributed by atoms with E-state index in [1.54, 1.807) is 11.3 Å². The molecule has 0 N–H and O–H groups in total. The Bertz CT molecular complexity index is 1120. The van der Waals surface area contributed by atoms with Gasteiger partial charge in [-0.15, -0.1) is 11.3 Å². The molecule has 0 atom stereocenters. The highest BCUT2D eigenvalue weighted by Gasteiger charge is 2.34. The molecule has 0 aliphatic carbocycles. The first-order valence-electron chi connectivity index (χ1n) is 11.6. The van der Waals surface area contributed by atoms with E-state index in [2.05, 4.69) is 98.9 Å². The molecule has 34 heavy (non-hydrogen) atoms. The van der Waals surface area contributed by atoms with Crippen molar-refractivity contribution in [3.05, 3.63) is 79.0 Å². The molecule has 3 aromatic rings. The highest BCUT2D eigenvalue weighted by molar-refractivity contribution is 7.10. The van der Waals surface area contributed by atoms with Gasteiger partial charge in [-0.05, 0) is 55.0 Å². The standard InChI is InChI=1S/C29H36Cl2O2S/c1-16-11-20(25(32-30)22(13-16)28(5,6)7)24(27-19(4)18(3)15-34-27)21-12-17(2)14-23(26(21)33-31)29(8,9)10/h11-15,24H,1-10H3. The number of aryl methyl sites for hydroxylation is 3. The SMILES string of the molecule is Cc1cc(C(c2cc(C)cc(C(C)(C)C)c2OCl)c2scc(C)c2C)c(OCl)c(C(C)(C)C)c1. The van der Waals surface area contributed by atoms with E-state index in [4.69, 9.17) is 32.3 Å². The van der Waals surface area contributed by atoms with E-state index in [1.807, 2.05) is 0 Å². The van der Waals surface area contributed by atoms with Crippen LogP contribution in [0.4, 0.5) is 0 Å². The minimum atomic E-state index is -0.150. The summed E-state index contributed by atoms with van der Waals surface area (Å²) >= 11 is 14.2. The van der Waals surface area contributed by atoms with Crippen molar-refractivity contribution in [1.29, 1.82) is 0 Å². The summed E-state index contributed by atoms with van der Waals surface area (Å²) in [4.78, 5) is 1.23. The maximum atomic E-state index is 6.21. The fourth-order valence-electron chi connectivity index (χ4n) is 4.58. The summed E-state index contributed by atoms with van der Waals surface area (Å²) in [5.74, 6) is 1.26. The van der Waals surface area contributed by atoms with Crippen LogP contribution in [0.1, 0.15) is 96.8 Å². The average Bonchev–Trinajstić information content (AvgIpc) is 3.05. The highest BCUT2D eigenvalue weighted by atomic mass is 35.5. The summed E-state index contributed by atoms with van der Waals surface area (Å²) in [6, 6.07) is 8.70. The van der Waals surface area contributed by atoms with Gasteiger partial charge in [0.15, 0.2) is 11.5 Å². The predicted octanol–water partition coefficient (Wildman–Crippen LogP) is 9.82. The topological polar surface area (TPSA) is 18.5 Å². The lowest BCUT2D eigenvalue weighted by atomic mass is 9.77. The van der Waals surface area contributed by atoms with E-state index in [9.17, 15) is 0 Å². The van der Waals surface area contributed by atoms with Crippen LogP contribution in [0.3, 0.4) is 0 Å². The first-order chi connectivity index (χ1) is 15.7. The number of hydrogen-bond donors (Lipinski definition) is 0. The third kappa shape index (κ3) is 5.12. The quantitative estimate of drug-likeness (QED) is 0.334. The van der Waals surface area contributed by atoms with Gasteiger partial charge < -0.3 is 8.58 Å². The van der Waals surface area contributed by atoms with Gasteiger partial charge in [0.1, 0.15) is 23.7 Å². The first-order valence-corrected chi connectivity index (χ1v) is 13.1. The molecule has 0 fully saturated rings. The third-order valence-electron chi connectivity index (χ3n) is 6.50. The van der Waals surface area contributed by atoms with Gasteiger partial charge in [0.2, 0.25) is 0 Å². The molecule has 2 nitrogen and oxygen atoms in total. The van der Waals surface area contributed by atoms with E-state index >= 15 is 0 Å². The lowest BCUT2D eigenvalue weighted by Gasteiger charge is -2.30. The van der Waals surface area contributed by atoms with E-state index in [0.29, 0.717) is 11.5 Å². The van der Waals surface area contributed by atoms with Crippen molar-refractivity contribution in [2.24, 2.45) is 0 Å². The van der Waals surface area contributed by atoms with Gasteiger partial charge in [0, 0.05) is 27.1 Å². The Kier molecular flexibility index (Phi) is 7.73. The fraction of sp³-hybridized carbons (Fsp3) is 0.448. The van der Waals surface area contributed by atoms with E-state index in [1.165, 1.54) is 16.0 Å². The van der Waals surface area contributed by atoms with Crippen LogP contribution < -0.4 is 8.58 Å². The van der Waals surface area contributed by atoms with E-state index in [0.717, 1.165) is 33.4 Å². The molecule has 0 saturated heterocycles. The molecular formula is C29H36Cl2O2S. The lowest BCUT2D eigenvalue weighted by molar-refractivity contribution is 0.522. The van der Waals surface area contributed by atoms with Gasteiger partial charge in [-0.25, -0.2) is 0 Å². The van der Waals surface area contributed by atoms with Crippen LogP contribution in [0.5, 0.6) is 11.5 Å². The minimum Gasteiger partial charge on any atom is -0.385 e. The smallest absolute Gasteiger partial charge is 0.154 e. The van der Waals surface area contributed by atoms with Gasteiger partial charge in [0.25, 0.3) is 0 Å². The minimum absolute atomic E-state index is 0.148. The molecule has 0 bridgehead atoms. The lowest BCUT2D eigenvalue weighted by Crippen LogP contribution is -2.17. The fourth-order valence-corrected chi connectivity index (χ4v) is 6.13. The summed E-state index contributed by atoms with van der Waals surface area (Å²) in [6.45, 7) is 21.6. The van der Waals surface area contributed by atoms with E-state index in [-0.39, 0.29) is 16.7 Å². The highest BCUT2D eigenvalue weighted by Crippen LogP contribution is 2.50. The van der Waals surface area contributed by atoms with Crippen LogP contribution in [-0.2, 0) is 10.8 Å². The molecule has 0 radical (unpaired) electrons. The molecule has 0 aliphatic heterocycles. The van der Waals surface area contributed by atoms with Gasteiger partial charge in [-0.3, -0.25) is 0 Å². The number of thiophene rings is 1. The molecule has 0 unspecified atom stereocenters. The zero-order valence-corrected chi connectivity index (χ0v) is 24.3. The average molecular weight is 520 g/mol. The van der Waals surface area contributed by atoms with Gasteiger partial charge in [-0.2, -0.15) is 0 Å². The first kappa shape index (κ1) is 26.9. The number of hydrogen-bond acceptors (Lipinski definition) is 3. The summed E-state index contributed by atoms with van der Waals surface area (Å²) in [7, 11) is 0. The molecule has 184 valence electrons. The van der Waals surface area contributed by atoms with Crippen LogP contribution in [0.25, 0.3) is 0 Å². The Balaban J connectivity index is 2.51. The zero-order chi connectivity index (χ0) is 25.6. The summed E-state index contributed by atoms with van der Waals surface area (Å²) < 4.78 is 11.3. The van der Waals surface area contributed by atoms with Crippen molar-refractivity contribution in [1.82, 2.24) is 0 Å². The van der Waals surface area contributed by atoms with Crippen LogP contribution in [0, 0.1) is 27.7 Å². The summed E-state index contributed by atoms with van der Waals surface area (Å²) in [5, 5.41) is 2.21. The van der Waals surface area contributed by atoms with Gasteiger partial charge in [-0.1, -0.05) is 76.9 Å². The second-order valence-electron chi connectivity index (χ2n) is 11.5. The molecule has 0 saturated carbocycles. The van der Waals surface area contributed by atoms with Crippen LogP contribution in [-0.4, -0.2) is 0 Å². The molecule has 5 heteroatoms. The molecule has 3 rings (SSSR count). The summed E-state index contributed by atoms with van der Waals surface area (Å²) in [5.41, 5.74) is 8.73. The normalized spacial score (nSPS) is 12.4. The molecule has 1 heterocycles. The second kappa shape index (κ2) is 9.76. The van der Waals surface area contributed by atoms with Crippen LogP contribution in [0.15, 0.2) is 29.6 Å². The van der Waals surface area contributed by atoms with Gasteiger partial charge >= 0.3 is 0 Å². The number of benzene rings is 2. The maximum absolute atomic E-state index is 6.21. The Morgan fingerprint density at radius 2 is 1.12 bits per heavy atom. The van der Waals surface area contributed by atoms with Crippen molar-refractivity contribution in [2.45, 2.75) is 86.0 Å². The van der Waals surface area contributed by atoms with Crippen molar-refractivity contribution >= 4 is 35.1 Å². The summed E-state index contributed by atoms with van der Waals surface area (Å²) in [6.07, 6.45) is 0. The number of halogens is 2. The Morgan fingerprint density at radius 3 is 1.41 bits per heavy atom. The van der Waals surface area contributed by atoms with Crippen LogP contribution in [0.2, 0.25) is 0 Å². The molecule has 2 aromatic carbocycles.